The van der Waals surface area contributed by atoms with E-state index in [0.717, 1.165) is 12.1 Å². The van der Waals surface area contributed by atoms with Crippen molar-refractivity contribution >= 4 is 35.0 Å². The molecule has 0 bridgehead atoms. The Bertz CT molecular complexity index is 885. The second-order valence-electron chi connectivity index (χ2n) is 7.07. The van der Waals surface area contributed by atoms with Crippen molar-refractivity contribution in [3.05, 3.63) is 58.1 Å². The van der Waals surface area contributed by atoms with E-state index in [1.807, 2.05) is 0 Å². The van der Waals surface area contributed by atoms with Gasteiger partial charge in [-0.3, -0.25) is 9.59 Å². The summed E-state index contributed by atoms with van der Waals surface area (Å²) >= 11 is 11.2. The first-order chi connectivity index (χ1) is 14.8. The predicted molar refractivity (Wildman–Crippen MR) is 112 cm³/mol. The fourth-order valence-corrected chi connectivity index (χ4v) is 3.45. The first-order valence-electron chi connectivity index (χ1n) is 9.54. The van der Waals surface area contributed by atoms with Gasteiger partial charge in [-0.15, -0.1) is 0 Å². The highest BCUT2D eigenvalue weighted by atomic mass is 35.5. The molecule has 1 aliphatic rings. The summed E-state index contributed by atoms with van der Waals surface area (Å²) in [6.45, 7) is -0.528. The highest BCUT2D eigenvalue weighted by Gasteiger charge is 2.27. The van der Waals surface area contributed by atoms with E-state index in [9.17, 15) is 18.4 Å². The molecule has 2 N–H and O–H groups in total. The van der Waals surface area contributed by atoms with E-state index in [0.29, 0.717) is 19.3 Å². The van der Waals surface area contributed by atoms with E-state index in [4.69, 9.17) is 32.7 Å². The maximum atomic E-state index is 13.4. The van der Waals surface area contributed by atoms with Gasteiger partial charge in [-0.25, -0.2) is 8.78 Å². The van der Waals surface area contributed by atoms with Gasteiger partial charge >= 0.3 is 0 Å². The van der Waals surface area contributed by atoms with E-state index in [2.05, 4.69) is 10.6 Å². The lowest BCUT2D eigenvalue weighted by Gasteiger charge is -2.15. The Balaban J connectivity index is 1.36. The summed E-state index contributed by atoms with van der Waals surface area (Å²) in [5.74, 6) is -1.54. The van der Waals surface area contributed by atoms with Crippen molar-refractivity contribution in [3.63, 3.8) is 0 Å². The number of rotatable bonds is 8. The third-order valence-corrected chi connectivity index (χ3v) is 5.30. The molecule has 1 saturated carbocycles. The van der Waals surface area contributed by atoms with Gasteiger partial charge < -0.3 is 20.1 Å². The summed E-state index contributed by atoms with van der Waals surface area (Å²) in [4.78, 5) is 24.1. The van der Waals surface area contributed by atoms with Crippen molar-refractivity contribution in [1.82, 2.24) is 10.6 Å². The summed E-state index contributed by atoms with van der Waals surface area (Å²) in [6.07, 6.45) is 1.94. The van der Waals surface area contributed by atoms with Gasteiger partial charge in [-0.2, -0.15) is 0 Å². The normalized spacial score (nSPS) is 17.8. The molecule has 10 heteroatoms. The summed E-state index contributed by atoms with van der Waals surface area (Å²) in [5, 5.41) is 5.60. The zero-order chi connectivity index (χ0) is 22.4. The molecule has 2 aromatic carbocycles. The highest BCUT2D eigenvalue weighted by Crippen LogP contribution is 2.22. The first-order valence-corrected chi connectivity index (χ1v) is 10.3. The number of nitrogens with one attached hydrogen (secondary N) is 2. The van der Waals surface area contributed by atoms with Crippen LogP contribution in [0.25, 0.3) is 0 Å². The van der Waals surface area contributed by atoms with E-state index in [1.165, 1.54) is 24.3 Å². The lowest BCUT2D eigenvalue weighted by atomic mass is 10.2. The summed E-state index contributed by atoms with van der Waals surface area (Å²) in [7, 11) is 0. The largest absolute Gasteiger partial charge is 0.484 e. The summed E-state index contributed by atoms with van der Waals surface area (Å²) in [5.41, 5.74) is 0. The molecule has 2 aromatic rings. The lowest BCUT2D eigenvalue weighted by molar-refractivity contribution is -0.124. The minimum atomic E-state index is -0.626. The molecule has 0 saturated heterocycles. The van der Waals surface area contributed by atoms with Crippen LogP contribution >= 0.6 is 23.2 Å². The molecule has 1 aliphatic carbocycles. The molecule has 0 spiro atoms. The molecule has 0 unspecified atom stereocenters. The molecule has 1 fully saturated rings. The van der Waals surface area contributed by atoms with Gasteiger partial charge in [-0.05, 0) is 43.5 Å². The molecule has 31 heavy (non-hydrogen) atoms. The number of carbonyl (C=O) groups is 2. The molecule has 6 nitrogen and oxygen atoms in total. The van der Waals surface area contributed by atoms with Crippen molar-refractivity contribution in [2.45, 2.75) is 31.3 Å². The number of carbonyl (C=O) groups excluding carboxylic acids is 2. The Morgan fingerprint density at radius 3 is 1.65 bits per heavy atom. The minimum absolute atomic E-state index is 0.0263. The summed E-state index contributed by atoms with van der Waals surface area (Å²) in [6, 6.07) is 7.63. The maximum absolute atomic E-state index is 13.4. The van der Waals surface area contributed by atoms with E-state index in [1.54, 1.807) is 0 Å². The second kappa shape index (κ2) is 10.6. The van der Waals surface area contributed by atoms with Crippen LogP contribution in [0.4, 0.5) is 8.78 Å². The van der Waals surface area contributed by atoms with E-state index in [-0.39, 0.29) is 58.7 Å². The molecule has 3 rings (SSSR count). The van der Waals surface area contributed by atoms with Crippen LogP contribution < -0.4 is 20.1 Å². The fourth-order valence-electron chi connectivity index (χ4n) is 3.21. The number of halogens is 4. The Kier molecular flexibility index (Phi) is 7.92. The van der Waals surface area contributed by atoms with Gasteiger partial charge in [0.15, 0.2) is 13.2 Å². The molecule has 2 atom stereocenters. The third kappa shape index (κ3) is 6.97. The Morgan fingerprint density at radius 1 is 0.839 bits per heavy atom. The SMILES string of the molecule is O=C(COc1ccc(Cl)c(F)c1)N[C@H]1CC[C@H](NC(=O)COc2ccc(Cl)c(F)c2)C1. The molecule has 0 heterocycles. The lowest BCUT2D eigenvalue weighted by Crippen LogP contribution is -2.40. The number of benzene rings is 2. The van der Waals surface area contributed by atoms with Crippen LogP contribution in [-0.4, -0.2) is 37.1 Å². The first kappa shape index (κ1) is 23.1. The van der Waals surface area contributed by atoms with Crippen molar-refractivity contribution in [2.75, 3.05) is 13.2 Å². The molecule has 0 aliphatic heterocycles. The van der Waals surface area contributed by atoms with Gasteiger partial charge in [0.05, 0.1) is 10.0 Å². The van der Waals surface area contributed by atoms with Gasteiger partial charge in [0.1, 0.15) is 23.1 Å². The van der Waals surface area contributed by atoms with Crippen molar-refractivity contribution in [3.8, 4) is 11.5 Å². The van der Waals surface area contributed by atoms with Gasteiger partial charge in [0.2, 0.25) is 0 Å². The van der Waals surface area contributed by atoms with Crippen LogP contribution in [0.3, 0.4) is 0 Å². The van der Waals surface area contributed by atoms with Crippen molar-refractivity contribution in [1.29, 1.82) is 0 Å². The Labute approximate surface area is 187 Å². The van der Waals surface area contributed by atoms with E-state index >= 15 is 0 Å². The van der Waals surface area contributed by atoms with Crippen molar-refractivity contribution in [2.24, 2.45) is 0 Å². The number of ether oxygens (including phenoxy) is 2. The molecular weight excluding hydrogens is 453 g/mol. The number of hydrogen-bond acceptors (Lipinski definition) is 4. The topological polar surface area (TPSA) is 76.7 Å². The average Bonchev–Trinajstić information content (AvgIpc) is 3.16. The molecule has 2 amide bonds. The highest BCUT2D eigenvalue weighted by molar-refractivity contribution is 6.31. The fraction of sp³-hybridized carbons (Fsp3) is 0.333. The third-order valence-electron chi connectivity index (χ3n) is 4.68. The Hall–Kier alpha value is -2.58. The van der Waals surface area contributed by atoms with Gasteiger partial charge in [-0.1, -0.05) is 23.2 Å². The molecular formula is C21H20Cl2F2N2O4. The second-order valence-corrected chi connectivity index (χ2v) is 7.89. The van der Waals surface area contributed by atoms with Crippen molar-refractivity contribution < 1.29 is 27.8 Å². The number of amides is 2. The van der Waals surface area contributed by atoms with Gasteiger partial charge in [0, 0.05) is 24.2 Å². The van der Waals surface area contributed by atoms with Crippen LogP contribution in [0.2, 0.25) is 10.0 Å². The quantitative estimate of drug-likeness (QED) is 0.610. The monoisotopic (exact) mass is 472 g/mol. The summed E-state index contributed by atoms with van der Waals surface area (Å²) < 4.78 is 37.3. The van der Waals surface area contributed by atoms with Gasteiger partial charge in [0.25, 0.3) is 11.8 Å². The van der Waals surface area contributed by atoms with E-state index < -0.39 is 11.6 Å². The van der Waals surface area contributed by atoms with Crippen LogP contribution in [0.5, 0.6) is 11.5 Å². The molecule has 0 aromatic heterocycles. The zero-order valence-electron chi connectivity index (χ0n) is 16.3. The van der Waals surface area contributed by atoms with Crippen LogP contribution in [0.15, 0.2) is 36.4 Å². The standard InChI is InChI=1S/C21H20Cl2F2N2O4/c22-16-5-3-14(8-18(16)24)30-10-20(28)26-12-1-2-13(7-12)27-21(29)11-31-15-4-6-17(23)19(25)9-15/h3-6,8-9,12-13H,1-2,7,10-11H2,(H,26,28)(H,27,29)/t12-,13-/m0/s1. The molecule has 0 radical (unpaired) electrons. The minimum Gasteiger partial charge on any atom is -0.484 e. The van der Waals surface area contributed by atoms with Crippen LogP contribution in [0.1, 0.15) is 19.3 Å². The zero-order valence-corrected chi connectivity index (χ0v) is 17.8. The van der Waals surface area contributed by atoms with Crippen LogP contribution in [-0.2, 0) is 9.59 Å². The smallest absolute Gasteiger partial charge is 0.258 e. The average molecular weight is 473 g/mol. The maximum Gasteiger partial charge on any atom is 0.258 e. The predicted octanol–water partition coefficient (Wildman–Crippen LogP) is 3.88. The Morgan fingerprint density at radius 2 is 1.26 bits per heavy atom. The molecule has 166 valence electrons. The number of hydrogen-bond donors (Lipinski definition) is 2. The van der Waals surface area contributed by atoms with Crippen LogP contribution in [0, 0.1) is 11.6 Å².